The van der Waals surface area contributed by atoms with E-state index >= 15 is 0 Å². The highest BCUT2D eigenvalue weighted by molar-refractivity contribution is 5.85. The maximum atomic E-state index is 11.9. The molecule has 1 aliphatic heterocycles. The van der Waals surface area contributed by atoms with Crippen molar-refractivity contribution in [2.24, 2.45) is 0 Å². The molecule has 0 saturated heterocycles. The average Bonchev–Trinajstić information content (AvgIpc) is 2.68. The number of benzene rings is 2. The fourth-order valence-electron chi connectivity index (χ4n) is 3.06. The van der Waals surface area contributed by atoms with Crippen LogP contribution in [0.3, 0.4) is 0 Å². The SMILES string of the molecule is CC(C)N1CC=C(c2ccc(NC(=O)OCc3ccccc3)cc2)CC1. The van der Waals surface area contributed by atoms with Crippen LogP contribution in [0.15, 0.2) is 60.7 Å². The molecule has 0 saturated carbocycles. The zero-order valence-electron chi connectivity index (χ0n) is 15.4. The molecule has 0 unspecified atom stereocenters. The van der Waals surface area contributed by atoms with Crippen molar-refractivity contribution in [1.29, 1.82) is 0 Å². The fourth-order valence-corrected chi connectivity index (χ4v) is 3.06. The van der Waals surface area contributed by atoms with E-state index in [0.29, 0.717) is 6.04 Å². The third-order valence-electron chi connectivity index (χ3n) is 4.69. The number of hydrogen-bond acceptors (Lipinski definition) is 3. The van der Waals surface area contributed by atoms with Crippen molar-refractivity contribution in [3.8, 4) is 0 Å². The van der Waals surface area contributed by atoms with Crippen LogP contribution in [0.4, 0.5) is 10.5 Å². The van der Waals surface area contributed by atoms with Crippen molar-refractivity contribution >= 4 is 17.4 Å². The van der Waals surface area contributed by atoms with E-state index in [2.05, 4.69) is 42.3 Å². The Morgan fingerprint density at radius 2 is 1.85 bits per heavy atom. The van der Waals surface area contributed by atoms with E-state index in [0.717, 1.165) is 30.8 Å². The molecular formula is C22H26N2O2. The Morgan fingerprint density at radius 3 is 2.46 bits per heavy atom. The van der Waals surface area contributed by atoms with Gasteiger partial charge in [0.1, 0.15) is 6.61 Å². The molecule has 0 radical (unpaired) electrons. The summed E-state index contributed by atoms with van der Waals surface area (Å²) < 4.78 is 5.25. The number of rotatable bonds is 5. The highest BCUT2D eigenvalue weighted by Gasteiger charge is 2.15. The molecule has 4 heteroatoms. The summed E-state index contributed by atoms with van der Waals surface area (Å²) in [5.74, 6) is 0. The van der Waals surface area contributed by atoms with Gasteiger partial charge in [-0.25, -0.2) is 4.79 Å². The fraction of sp³-hybridized carbons (Fsp3) is 0.318. The van der Waals surface area contributed by atoms with E-state index in [-0.39, 0.29) is 6.61 Å². The molecule has 0 aliphatic carbocycles. The molecule has 0 fully saturated rings. The first-order chi connectivity index (χ1) is 12.6. The molecule has 0 atom stereocenters. The van der Waals surface area contributed by atoms with E-state index < -0.39 is 6.09 Å². The minimum atomic E-state index is -0.439. The number of hydrogen-bond donors (Lipinski definition) is 1. The normalized spacial score (nSPS) is 14.8. The van der Waals surface area contributed by atoms with Gasteiger partial charge in [-0.15, -0.1) is 0 Å². The minimum Gasteiger partial charge on any atom is -0.444 e. The number of ether oxygens (including phenoxy) is 1. The van der Waals surface area contributed by atoms with E-state index in [1.807, 2.05) is 42.5 Å². The maximum Gasteiger partial charge on any atom is 0.411 e. The number of carbonyl (C=O) groups excluding carboxylic acids is 1. The third-order valence-corrected chi connectivity index (χ3v) is 4.69. The zero-order chi connectivity index (χ0) is 18.4. The van der Waals surface area contributed by atoms with Crippen molar-refractivity contribution in [2.75, 3.05) is 18.4 Å². The number of amides is 1. The Hall–Kier alpha value is -2.59. The van der Waals surface area contributed by atoms with Gasteiger partial charge < -0.3 is 4.74 Å². The van der Waals surface area contributed by atoms with E-state index in [1.165, 1.54) is 11.1 Å². The van der Waals surface area contributed by atoms with Crippen LogP contribution in [0.2, 0.25) is 0 Å². The summed E-state index contributed by atoms with van der Waals surface area (Å²) in [6.45, 7) is 6.82. The second-order valence-corrected chi connectivity index (χ2v) is 6.83. The Kier molecular flexibility index (Phi) is 6.08. The second-order valence-electron chi connectivity index (χ2n) is 6.83. The Morgan fingerprint density at radius 1 is 1.12 bits per heavy atom. The van der Waals surface area contributed by atoms with Crippen LogP contribution in [-0.2, 0) is 11.3 Å². The van der Waals surface area contributed by atoms with Crippen LogP contribution in [0.25, 0.3) is 5.57 Å². The van der Waals surface area contributed by atoms with E-state index in [9.17, 15) is 4.79 Å². The van der Waals surface area contributed by atoms with E-state index in [1.54, 1.807) is 0 Å². The molecule has 136 valence electrons. The van der Waals surface area contributed by atoms with Gasteiger partial charge in [0.05, 0.1) is 0 Å². The van der Waals surface area contributed by atoms with Gasteiger partial charge >= 0.3 is 6.09 Å². The lowest BCUT2D eigenvalue weighted by atomic mass is 9.98. The van der Waals surface area contributed by atoms with Crippen LogP contribution >= 0.6 is 0 Å². The van der Waals surface area contributed by atoms with Crippen molar-refractivity contribution in [3.63, 3.8) is 0 Å². The third kappa shape index (κ3) is 4.96. The van der Waals surface area contributed by atoms with Crippen molar-refractivity contribution < 1.29 is 9.53 Å². The minimum absolute atomic E-state index is 0.268. The highest BCUT2D eigenvalue weighted by atomic mass is 16.5. The van der Waals surface area contributed by atoms with Crippen LogP contribution in [0.1, 0.15) is 31.4 Å². The van der Waals surface area contributed by atoms with Gasteiger partial charge in [0.25, 0.3) is 0 Å². The zero-order valence-corrected chi connectivity index (χ0v) is 15.4. The summed E-state index contributed by atoms with van der Waals surface area (Å²) >= 11 is 0. The lowest BCUT2D eigenvalue weighted by Gasteiger charge is -2.29. The second kappa shape index (κ2) is 8.68. The van der Waals surface area contributed by atoms with Crippen LogP contribution in [0.5, 0.6) is 0 Å². The molecule has 4 nitrogen and oxygen atoms in total. The number of carbonyl (C=O) groups is 1. The Labute approximate surface area is 155 Å². The molecule has 2 aromatic carbocycles. The summed E-state index contributed by atoms with van der Waals surface area (Å²) in [5.41, 5.74) is 4.31. The first-order valence-corrected chi connectivity index (χ1v) is 9.13. The molecule has 2 aromatic rings. The summed E-state index contributed by atoms with van der Waals surface area (Å²) in [6.07, 6.45) is 2.93. The summed E-state index contributed by atoms with van der Waals surface area (Å²) in [6, 6.07) is 18.2. The molecule has 3 rings (SSSR count). The number of nitrogens with zero attached hydrogens (tertiary/aromatic N) is 1. The van der Waals surface area contributed by atoms with Gasteiger partial charge in [-0.1, -0.05) is 48.5 Å². The molecule has 26 heavy (non-hydrogen) atoms. The van der Waals surface area contributed by atoms with Gasteiger partial charge in [-0.05, 0) is 49.1 Å². The van der Waals surface area contributed by atoms with Crippen molar-refractivity contribution in [3.05, 3.63) is 71.8 Å². The molecule has 1 aliphatic rings. The smallest absolute Gasteiger partial charge is 0.411 e. The molecule has 0 aromatic heterocycles. The summed E-state index contributed by atoms with van der Waals surface area (Å²) in [4.78, 5) is 14.4. The predicted octanol–water partition coefficient (Wildman–Crippen LogP) is 4.93. The molecule has 1 N–H and O–H groups in total. The largest absolute Gasteiger partial charge is 0.444 e. The lowest BCUT2D eigenvalue weighted by Crippen LogP contribution is -2.34. The van der Waals surface area contributed by atoms with Crippen LogP contribution in [-0.4, -0.2) is 30.1 Å². The topological polar surface area (TPSA) is 41.6 Å². The number of nitrogens with one attached hydrogen (secondary N) is 1. The van der Waals surface area contributed by atoms with Gasteiger partial charge in [-0.3, -0.25) is 10.2 Å². The quantitative estimate of drug-likeness (QED) is 0.831. The Balaban J connectivity index is 1.52. The van der Waals surface area contributed by atoms with Crippen molar-refractivity contribution in [1.82, 2.24) is 4.90 Å². The lowest BCUT2D eigenvalue weighted by molar-refractivity contribution is 0.155. The summed E-state index contributed by atoms with van der Waals surface area (Å²) in [7, 11) is 0. The highest BCUT2D eigenvalue weighted by Crippen LogP contribution is 2.24. The molecular weight excluding hydrogens is 324 g/mol. The van der Waals surface area contributed by atoms with Gasteiger partial charge in [0.2, 0.25) is 0 Å². The molecule has 0 bridgehead atoms. The monoisotopic (exact) mass is 350 g/mol. The molecule has 0 spiro atoms. The Bertz CT molecular complexity index is 751. The first-order valence-electron chi connectivity index (χ1n) is 9.13. The van der Waals surface area contributed by atoms with Gasteiger partial charge in [0.15, 0.2) is 0 Å². The number of anilines is 1. The van der Waals surface area contributed by atoms with E-state index in [4.69, 9.17) is 4.74 Å². The van der Waals surface area contributed by atoms with Gasteiger partial charge in [0, 0.05) is 24.8 Å². The predicted molar refractivity (Wildman–Crippen MR) is 106 cm³/mol. The molecule has 1 heterocycles. The average molecular weight is 350 g/mol. The van der Waals surface area contributed by atoms with Crippen molar-refractivity contribution in [2.45, 2.75) is 32.9 Å². The van der Waals surface area contributed by atoms with Crippen LogP contribution in [0, 0.1) is 0 Å². The standard InChI is InChI=1S/C22H26N2O2/c1-17(2)24-14-12-20(13-15-24)19-8-10-21(11-9-19)23-22(25)26-16-18-6-4-3-5-7-18/h3-12,17H,13-16H2,1-2H3,(H,23,25). The summed E-state index contributed by atoms with van der Waals surface area (Å²) in [5, 5.41) is 2.78. The maximum absolute atomic E-state index is 11.9. The molecule has 1 amide bonds. The van der Waals surface area contributed by atoms with Crippen LogP contribution < -0.4 is 5.32 Å². The first kappa shape index (κ1) is 18.2. The van der Waals surface area contributed by atoms with Gasteiger partial charge in [-0.2, -0.15) is 0 Å².